The molecule has 0 aliphatic heterocycles. The molecule has 0 unspecified atom stereocenters. The van der Waals surface area contributed by atoms with Crippen LogP contribution in [0.15, 0.2) is 36.4 Å². The molecule has 5 heteroatoms. The quantitative estimate of drug-likeness (QED) is 0.662. The van der Waals surface area contributed by atoms with Gasteiger partial charge < -0.3 is 10.1 Å². The second-order valence-corrected chi connectivity index (χ2v) is 3.60. The van der Waals surface area contributed by atoms with E-state index in [4.69, 9.17) is 11.6 Å². The number of hydrogen-bond donors (Lipinski definition) is 1. The summed E-state index contributed by atoms with van der Waals surface area (Å²) in [5.74, 6) is -0.941. The SMILES string of the molecule is C/C=C/C(=O)OCC(=O)Nc1ccc(Cl)cc1. The summed E-state index contributed by atoms with van der Waals surface area (Å²) in [6, 6.07) is 6.63. The topological polar surface area (TPSA) is 55.4 Å². The maximum atomic E-state index is 11.4. The molecule has 4 nitrogen and oxygen atoms in total. The zero-order chi connectivity index (χ0) is 12.7. The van der Waals surface area contributed by atoms with Crippen molar-refractivity contribution in [2.75, 3.05) is 11.9 Å². The number of carbonyl (C=O) groups excluding carboxylic acids is 2. The largest absolute Gasteiger partial charge is 0.452 e. The van der Waals surface area contributed by atoms with Crippen LogP contribution < -0.4 is 5.32 Å². The van der Waals surface area contributed by atoms with E-state index in [1.807, 2.05) is 0 Å². The van der Waals surface area contributed by atoms with Crippen LogP contribution in [0.4, 0.5) is 5.69 Å². The molecule has 1 amide bonds. The van der Waals surface area contributed by atoms with Gasteiger partial charge in [0.1, 0.15) is 0 Å². The van der Waals surface area contributed by atoms with Crippen molar-refractivity contribution >= 4 is 29.2 Å². The zero-order valence-electron chi connectivity index (χ0n) is 9.27. The highest BCUT2D eigenvalue weighted by Gasteiger charge is 2.05. The number of benzene rings is 1. The minimum absolute atomic E-state index is 0.314. The number of ether oxygens (including phenoxy) is 1. The molecule has 0 aromatic heterocycles. The number of esters is 1. The third kappa shape index (κ3) is 5.17. The van der Waals surface area contributed by atoms with Crippen molar-refractivity contribution < 1.29 is 14.3 Å². The van der Waals surface area contributed by atoms with E-state index < -0.39 is 11.9 Å². The summed E-state index contributed by atoms with van der Waals surface area (Å²) in [5.41, 5.74) is 0.599. The first-order chi connectivity index (χ1) is 8.11. The monoisotopic (exact) mass is 253 g/mol. The van der Waals surface area contributed by atoms with Crippen LogP contribution in [0.5, 0.6) is 0 Å². The average molecular weight is 254 g/mol. The van der Waals surface area contributed by atoms with Gasteiger partial charge in [-0.25, -0.2) is 4.79 Å². The Morgan fingerprint density at radius 3 is 2.59 bits per heavy atom. The van der Waals surface area contributed by atoms with Crippen LogP contribution in [0.3, 0.4) is 0 Å². The van der Waals surface area contributed by atoms with Crippen molar-refractivity contribution in [3.8, 4) is 0 Å². The van der Waals surface area contributed by atoms with Crippen LogP contribution in [-0.4, -0.2) is 18.5 Å². The lowest BCUT2D eigenvalue weighted by Crippen LogP contribution is -2.20. The van der Waals surface area contributed by atoms with Gasteiger partial charge in [0.05, 0.1) is 0 Å². The fourth-order valence-electron chi connectivity index (χ4n) is 1.05. The van der Waals surface area contributed by atoms with Crippen LogP contribution in [0.2, 0.25) is 5.02 Å². The van der Waals surface area contributed by atoms with Crippen molar-refractivity contribution in [1.82, 2.24) is 0 Å². The maximum absolute atomic E-state index is 11.4. The Labute approximate surface area is 104 Å². The van der Waals surface area contributed by atoms with Crippen LogP contribution in [-0.2, 0) is 14.3 Å². The Balaban J connectivity index is 2.39. The Kier molecular flexibility index (Phi) is 5.23. The highest BCUT2D eigenvalue weighted by Crippen LogP contribution is 2.13. The molecule has 0 aliphatic rings. The summed E-state index contributed by atoms with van der Waals surface area (Å²) >= 11 is 5.70. The molecule has 0 spiro atoms. The predicted octanol–water partition coefficient (Wildman–Crippen LogP) is 2.40. The smallest absolute Gasteiger partial charge is 0.330 e. The van der Waals surface area contributed by atoms with Crippen molar-refractivity contribution in [2.45, 2.75) is 6.92 Å². The summed E-state index contributed by atoms with van der Waals surface area (Å²) in [7, 11) is 0. The van der Waals surface area contributed by atoms with Gasteiger partial charge in [0.15, 0.2) is 6.61 Å². The van der Waals surface area contributed by atoms with Crippen molar-refractivity contribution in [3.63, 3.8) is 0 Å². The highest BCUT2D eigenvalue weighted by molar-refractivity contribution is 6.30. The second-order valence-electron chi connectivity index (χ2n) is 3.16. The first-order valence-electron chi connectivity index (χ1n) is 4.96. The van der Waals surface area contributed by atoms with E-state index in [0.717, 1.165) is 0 Å². The van der Waals surface area contributed by atoms with E-state index >= 15 is 0 Å². The first kappa shape index (κ1) is 13.3. The van der Waals surface area contributed by atoms with Gasteiger partial charge in [0, 0.05) is 16.8 Å². The number of nitrogens with one attached hydrogen (secondary N) is 1. The number of rotatable bonds is 4. The Morgan fingerprint density at radius 1 is 1.35 bits per heavy atom. The van der Waals surface area contributed by atoms with Crippen molar-refractivity contribution in [3.05, 3.63) is 41.4 Å². The number of carbonyl (C=O) groups is 2. The normalized spacial score (nSPS) is 10.2. The van der Waals surface area contributed by atoms with Gasteiger partial charge in [-0.2, -0.15) is 0 Å². The zero-order valence-corrected chi connectivity index (χ0v) is 10.0. The molecule has 0 saturated carbocycles. The average Bonchev–Trinajstić information content (AvgIpc) is 2.30. The summed E-state index contributed by atoms with van der Waals surface area (Å²) in [6.07, 6.45) is 2.79. The molecule has 1 rings (SSSR count). The van der Waals surface area contributed by atoms with E-state index in [2.05, 4.69) is 10.1 Å². The van der Waals surface area contributed by atoms with Gasteiger partial charge in [-0.15, -0.1) is 0 Å². The predicted molar refractivity (Wildman–Crippen MR) is 65.9 cm³/mol. The van der Waals surface area contributed by atoms with Crippen LogP contribution in [0.1, 0.15) is 6.92 Å². The number of hydrogen-bond acceptors (Lipinski definition) is 3. The lowest BCUT2D eigenvalue weighted by Gasteiger charge is -2.05. The Bertz CT molecular complexity index is 426. The van der Waals surface area contributed by atoms with Gasteiger partial charge in [0.25, 0.3) is 5.91 Å². The number of halogens is 1. The molecule has 0 fully saturated rings. The van der Waals surface area contributed by atoms with Gasteiger partial charge in [0.2, 0.25) is 0 Å². The minimum atomic E-state index is -0.543. The molecule has 90 valence electrons. The van der Waals surface area contributed by atoms with Crippen molar-refractivity contribution in [1.29, 1.82) is 0 Å². The molecular formula is C12H12ClNO3. The molecule has 1 N–H and O–H groups in total. The second kappa shape index (κ2) is 6.70. The summed E-state index contributed by atoms with van der Waals surface area (Å²) in [6.45, 7) is 1.38. The van der Waals surface area contributed by atoms with Gasteiger partial charge in [-0.05, 0) is 31.2 Å². The third-order valence-electron chi connectivity index (χ3n) is 1.78. The molecular weight excluding hydrogens is 242 g/mol. The molecule has 0 saturated heterocycles. The van der Waals surface area contributed by atoms with Crippen molar-refractivity contribution in [2.24, 2.45) is 0 Å². The molecule has 1 aromatic carbocycles. The van der Waals surface area contributed by atoms with Crippen LogP contribution in [0, 0.1) is 0 Å². The fourth-order valence-corrected chi connectivity index (χ4v) is 1.18. The number of amides is 1. The lowest BCUT2D eigenvalue weighted by atomic mass is 10.3. The highest BCUT2D eigenvalue weighted by atomic mass is 35.5. The summed E-state index contributed by atoms with van der Waals surface area (Å²) in [4.78, 5) is 22.3. The van der Waals surface area contributed by atoms with Crippen LogP contribution >= 0.6 is 11.6 Å². The Morgan fingerprint density at radius 2 is 2.00 bits per heavy atom. The summed E-state index contributed by atoms with van der Waals surface area (Å²) < 4.78 is 4.68. The third-order valence-corrected chi connectivity index (χ3v) is 2.03. The molecule has 0 radical (unpaired) electrons. The summed E-state index contributed by atoms with van der Waals surface area (Å²) in [5, 5.41) is 3.15. The van der Waals surface area contributed by atoms with E-state index in [0.29, 0.717) is 10.7 Å². The minimum Gasteiger partial charge on any atom is -0.452 e. The number of allylic oxidation sites excluding steroid dienone is 1. The molecule has 1 aromatic rings. The van der Waals surface area contributed by atoms with E-state index in [9.17, 15) is 9.59 Å². The lowest BCUT2D eigenvalue weighted by molar-refractivity contribution is -0.142. The first-order valence-corrected chi connectivity index (χ1v) is 5.34. The molecule has 0 aliphatic carbocycles. The van der Waals surface area contributed by atoms with E-state index in [-0.39, 0.29) is 6.61 Å². The number of anilines is 1. The van der Waals surface area contributed by atoms with Gasteiger partial charge in [-0.3, -0.25) is 4.79 Å². The maximum Gasteiger partial charge on any atom is 0.330 e. The van der Waals surface area contributed by atoms with Crippen LogP contribution in [0.25, 0.3) is 0 Å². The van der Waals surface area contributed by atoms with E-state index in [1.165, 1.54) is 6.08 Å². The standard InChI is InChI=1S/C12H12ClNO3/c1-2-3-12(16)17-8-11(15)14-10-6-4-9(13)5-7-10/h2-7H,8H2,1H3,(H,14,15)/b3-2+. The fraction of sp³-hybridized carbons (Fsp3) is 0.167. The van der Waals surface area contributed by atoms with Gasteiger partial charge in [-0.1, -0.05) is 17.7 Å². The Hall–Kier alpha value is -1.81. The van der Waals surface area contributed by atoms with Gasteiger partial charge >= 0.3 is 5.97 Å². The molecule has 17 heavy (non-hydrogen) atoms. The molecule has 0 atom stereocenters. The van der Waals surface area contributed by atoms with E-state index in [1.54, 1.807) is 37.3 Å². The molecule has 0 bridgehead atoms. The molecule has 0 heterocycles.